The number of thioether (sulfide) groups is 1. The number of ether oxygens (including phenoxy) is 1. The highest BCUT2D eigenvalue weighted by Crippen LogP contribution is 2.44. The van der Waals surface area contributed by atoms with E-state index in [1.54, 1.807) is 0 Å². The van der Waals surface area contributed by atoms with E-state index >= 15 is 0 Å². The zero-order valence-electron chi connectivity index (χ0n) is 11.8. The molecule has 3 unspecified atom stereocenters. The summed E-state index contributed by atoms with van der Waals surface area (Å²) in [5.41, 5.74) is 2.06. The standard InChI is InChI=1S/C16H21ClO2S/c1-11-6-13(8-14(17)7-11)15(18)12-2-4-19-16(9-12)3-5-20-10-16/h6-8,12,15,18H,2-5,9-10H2,1H3. The first-order valence-electron chi connectivity index (χ1n) is 7.25. The topological polar surface area (TPSA) is 29.5 Å². The number of aliphatic hydroxyl groups excluding tert-OH is 1. The van der Waals surface area contributed by atoms with Crippen LogP contribution < -0.4 is 0 Å². The fraction of sp³-hybridized carbons (Fsp3) is 0.625. The molecule has 1 aromatic carbocycles. The first-order chi connectivity index (χ1) is 9.58. The number of hydrogen-bond donors (Lipinski definition) is 1. The summed E-state index contributed by atoms with van der Waals surface area (Å²) in [5.74, 6) is 2.53. The zero-order chi connectivity index (χ0) is 14.2. The van der Waals surface area contributed by atoms with Gasteiger partial charge in [-0.15, -0.1) is 0 Å². The van der Waals surface area contributed by atoms with E-state index in [2.05, 4.69) is 0 Å². The summed E-state index contributed by atoms with van der Waals surface area (Å²) in [5, 5.41) is 11.4. The molecule has 1 N–H and O–H groups in total. The molecule has 2 saturated heterocycles. The number of rotatable bonds is 2. The Labute approximate surface area is 129 Å². The van der Waals surface area contributed by atoms with E-state index in [9.17, 15) is 5.11 Å². The number of halogens is 1. The van der Waals surface area contributed by atoms with Crippen molar-refractivity contribution in [3.05, 3.63) is 34.3 Å². The maximum Gasteiger partial charge on any atom is 0.0820 e. The molecule has 2 fully saturated rings. The minimum Gasteiger partial charge on any atom is -0.388 e. The van der Waals surface area contributed by atoms with Crippen molar-refractivity contribution in [1.82, 2.24) is 0 Å². The van der Waals surface area contributed by atoms with Crippen LogP contribution in [0.25, 0.3) is 0 Å². The average Bonchev–Trinajstić information content (AvgIpc) is 2.85. The molecule has 1 aromatic rings. The van der Waals surface area contributed by atoms with Gasteiger partial charge in [-0.3, -0.25) is 0 Å². The third-order valence-corrected chi connectivity index (χ3v) is 5.89. The molecule has 3 rings (SSSR count). The maximum absolute atomic E-state index is 10.7. The van der Waals surface area contributed by atoms with Gasteiger partial charge in [-0.05, 0) is 61.1 Å². The minimum atomic E-state index is -0.432. The van der Waals surface area contributed by atoms with Gasteiger partial charge in [-0.1, -0.05) is 17.7 Å². The van der Waals surface area contributed by atoms with Crippen LogP contribution >= 0.6 is 23.4 Å². The number of hydrogen-bond acceptors (Lipinski definition) is 3. The van der Waals surface area contributed by atoms with Crippen LogP contribution in [0.2, 0.25) is 5.02 Å². The molecule has 0 bridgehead atoms. The highest BCUT2D eigenvalue weighted by molar-refractivity contribution is 7.99. The Morgan fingerprint density at radius 1 is 1.45 bits per heavy atom. The predicted molar refractivity (Wildman–Crippen MR) is 84.5 cm³/mol. The van der Waals surface area contributed by atoms with Crippen LogP contribution in [-0.4, -0.2) is 28.8 Å². The van der Waals surface area contributed by atoms with E-state index in [1.165, 1.54) is 5.75 Å². The van der Waals surface area contributed by atoms with Crippen LogP contribution in [0.15, 0.2) is 18.2 Å². The molecule has 0 saturated carbocycles. The summed E-state index contributed by atoms with van der Waals surface area (Å²) in [7, 11) is 0. The van der Waals surface area contributed by atoms with Crippen molar-refractivity contribution in [2.45, 2.75) is 37.9 Å². The molecule has 2 heterocycles. The third-order valence-electron chi connectivity index (χ3n) is 4.45. The average molecular weight is 313 g/mol. The highest BCUT2D eigenvalue weighted by Gasteiger charge is 2.42. The van der Waals surface area contributed by atoms with E-state index in [1.807, 2.05) is 36.9 Å². The second kappa shape index (κ2) is 5.88. The van der Waals surface area contributed by atoms with E-state index < -0.39 is 6.10 Å². The summed E-state index contributed by atoms with van der Waals surface area (Å²) >= 11 is 8.08. The monoisotopic (exact) mass is 312 g/mol. The minimum absolute atomic E-state index is 0.0161. The first-order valence-corrected chi connectivity index (χ1v) is 8.78. The lowest BCUT2D eigenvalue weighted by Crippen LogP contribution is -2.41. The Kier molecular flexibility index (Phi) is 4.32. The van der Waals surface area contributed by atoms with Gasteiger partial charge in [-0.25, -0.2) is 0 Å². The van der Waals surface area contributed by atoms with E-state index in [-0.39, 0.29) is 11.5 Å². The third kappa shape index (κ3) is 3.01. The van der Waals surface area contributed by atoms with Crippen LogP contribution in [-0.2, 0) is 4.74 Å². The normalized spacial score (nSPS) is 31.6. The summed E-state index contributed by atoms with van der Waals surface area (Å²) in [6, 6.07) is 5.86. The quantitative estimate of drug-likeness (QED) is 0.895. The summed E-state index contributed by atoms with van der Waals surface area (Å²) in [6.07, 6.45) is 2.58. The van der Waals surface area contributed by atoms with Gasteiger partial charge in [0.15, 0.2) is 0 Å². The first kappa shape index (κ1) is 14.7. The maximum atomic E-state index is 10.7. The smallest absolute Gasteiger partial charge is 0.0820 e. The molecule has 2 nitrogen and oxygen atoms in total. The molecule has 0 radical (unpaired) electrons. The summed E-state index contributed by atoms with van der Waals surface area (Å²) in [6.45, 7) is 2.78. The van der Waals surface area contributed by atoms with Crippen LogP contribution in [0.1, 0.15) is 36.5 Å². The van der Waals surface area contributed by atoms with Gasteiger partial charge >= 0.3 is 0 Å². The Bertz CT molecular complexity index is 465. The van der Waals surface area contributed by atoms with Crippen molar-refractivity contribution in [3.8, 4) is 0 Å². The van der Waals surface area contributed by atoms with Crippen molar-refractivity contribution in [3.63, 3.8) is 0 Å². The van der Waals surface area contributed by atoms with Crippen molar-refractivity contribution in [2.75, 3.05) is 18.1 Å². The SMILES string of the molecule is Cc1cc(Cl)cc(C(O)C2CCOC3(CCSC3)C2)c1. The largest absolute Gasteiger partial charge is 0.388 e. The second-order valence-electron chi connectivity index (χ2n) is 6.09. The van der Waals surface area contributed by atoms with Gasteiger partial charge in [0.05, 0.1) is 11.7 Å². The molecule has 3 atom stereocenters. The molecule has 2 aliphatic rings. The number of aliphatic hydroxyl groups is 1. The van der Waals surface area contributed by atoms with E-state index in [0.717, 1.165) is 42.7 Å². The summed E-state index contributed by atoms with van der Waals surface area (Å²) < 4.78 is 6.03. The molecule has 20 heavy (non-hydrogen) atoms. The van der Waals surface area contributed by atoms with Crippen molar-refractivity contribution in [1.29, 1.82) is 0 Å². The lowest BCUT2D eigenvalue weighted by atomic mass is 9.80. The Morgan fingerprint density at radius 2 is 2.30 bits per heavy atom. The fourth-order valence-electron chi connectivity index (χ4n) is 3.41. The molecule has 110 valence electrons. The van der Waals surface area contributed by atoms with Crippen molar-refractivity contribution < 1.29 is 9.84 Å². The van der Waals surface area contributed by atoms with Gasteiger partial charge in [0.25, 0.3) is 0 Å². The predicted octanol–water partition coefficient (Wildman–Crippen LogP) is 3.98. The molecule has 4 heteroatoms. The van der Waals surface area contributed by atoms with E-state index in [0.29, 0.717) is 5.02 Å². The van der Waals surface area contributed by atoms with Gasteiger partial charge in [0, 0.05) is 17.4 Å². The van der Waals surface area contributed by atoms with Crippen molar-refractivity contribution in [2.24, 2.45) is 5.92 Å². The van der Waals surface area contributed by atoms with Crippen LogP contribution in [0.3, 0.4) is 0 Å². The number of aryl methyl sites for hydroxylation is 1. The second-order valence-corrected chi connectivity index (χ2v) is 7.64. The summed E-state index contributed by atoms with van der Waals surface area (Å²) in [4.78, 5) is 0. The molecule has 0 aliphatic carbocycles. The molecular formula is C16H21ClO2S. The van der Waals surface area contributed by atoms with Crippen LogP contribution in [0, 0.1) is 12.8 Å². The lowest BCUT2D eigenvalue weighted by molar-refractivity contribution is -0.102. The lowest BCUT2D eigenvalue weighted by Gasteiger charge is -2.39. The van der Waals surface area contributed by atoms with E-state index in [4.69, 9.17) is 16.3 Å². The van der Waals surface area contributed by atoms with Gasteiger partial charge in [-0.2, -0.15) is 11.8 Å². The Balaban J connectivity index is 1.77. The Morgan fingerprint density at radius 3 is 3.00 bits per heavy atom. The highest BCUT2D eigenvalue weighted by atomic mass is 35.5. The Hall–Kier alpha value is -0.220. The van der Waals surface area contributed by atoms with Crippen LogP contribution in [0.4, 0.5) is 0 Å². The number of benzene rings is 1. The molecule has 2 aliphatic heterocycles. The molecule has 0 aromatic heterocycles. The van der Waals surface area contributed by atoms with Gasteiger partial charge in [0.2, 0.25) is 0 Å². The molecule has 1 spiro atoms. The van der Waals surface area contributed by atoms with Gasteiger partial charge in [0.1, 0.15) is 0 Å². The molecular weight excluding hydrogens is 292 g/mol. The van der Waals surface area contributed by atoms with Gasteiger partial charge < -0.3 is 9.84 Å². The van der Waals surface area contributed by atoms with Crippen LogP contribution in [0.5, 0.6) is 0 Å². The zero-order valence-corrected chi connectivity index (χ0v) is 13.3. The molecule has 0 amide bonds. The fourth-order valence-corrected chi connectivity index (χ4v) is 5.08. The van der Waals surface area contributed by atoms with Crippen molar-refractivity contribution >= 4 is 23.4 Å².